The molecule has 104 valence electrons. The third-order valence-corrected chi connectivity index (χ3v) is 3.89. The number of carbonyl (C=O) groups is 1. The molecule has 1 saturated carbocycles. The summed E-state index contributed by atoms with van der Waals surface area (Å²) < 4.78 is 5.45. The van der Waals surface area contributed by atoms with Crippen LogP contribution in [-0.4, -0.2) is 19.4 Å². The Morgan fingerprint density at radius 3 is 2.58 bits per heavy atom. The fraction of sp³-hybridized carbons (Fsp3) is 0.562. The maximum Gasteiger partial charge on any atom is 0.142 e. The van der Waals surface area contributed by atoms with Crippen LogP contribution >= 0.6 is 0 Å². The second kappa shape index (κ2) is 6.09. The fourth-order valence-corrected chi connectivity index (χ4v) is 2.77. The van der Waals surface area contributed by atoms with Gasteiger partial charge in [0.05, 0.1) is 12.8 Å². The van der Waals surface area contributed by atoms with Gasteiger partial charge in [-0.3, -0.25) is 4.79 Å². The number of benzene rings is 1. The lowest BCUT2D eigenvalue weighted by Crippen LogP contribution is -2.21. The molecule has 0 unspecified atom stereocenters. The number of rotatable bonds is 4. The van der Waals surface area contributed by atoms with Crippen molar-refractivity contribution in [2.75, 3.05) is 19.0 Å². The predicted molar refractivity (Wildman–Crippen MR) is 77.9 cm³/mol. The van der Waals surface area contributed by atoms with Gasteiger partial charge in [0.2, 0.25) is 0 Å². The first-order chi connectivity index (χ1) is 9.10. The molecule has 0 spiro atoms. The number of nitrogens with one attached hydrogen (secondary N) is 1. The first kappa shape index (κ1) is 13.9. The van der Waals surface area contributed by atoms with E-state index >= 15 is 0 Å². The van der Waals surface area contributed by atoms with Crippen LogP contribution < -0.4 is 10.1 Å². The van der Waals surface area contributed by atoms with Crippen LogP contribution in [0.1, 0.15) is 36.8 Å². The van der Waals surface area contributed by atoms with Crippen molar-refractivity contribution in [2.24, 2.45) is 5.92 Å². The van der Waals surface area contributed by atoms with E-state index in [1.54, 1.807) is 7.11 Å². The molecule has 1 aromatic rings. The second-order valence-corrected chi connectivity index (χ2v) is 5.52. The van der Waals surface area contributed by atoms with Crippen LogP contribution in [0.4, 0.5) is 5.69 Å². The number of ether oxygens (including phenoxy) is 1. The third kappa shape index (κ3) is 3.49. The molecule has 0 radical (unpaired) electrons. The Morgan fingerprint density at radius 1 is 1.26 bits per heavy atom. The monoisotopic (exact) mass is 261 g/mol. The van der Waals surface area contributed by atoms with Gasteiger partial charge in [0.1, 0.15) is 11.5 Å². The molecule has 1 aromatic carbocycles. The number of hydrogen-bond acceptors (Lipinski definition) is 3. The summed E-state index contributed by atoms with van der Waals surface area (Å²) in [5.41, 5.74) is 3.51. The molecule has 1 fully saturated rings. The van der Waals surface area contributed by atoms with Crippen LogP contribution in [0.5, 0.6) is 5.75 Å². The van der Waals surface area contributed by atoms with E-state index in [9.17, 15) is 4.79 Å². The van der Waals surface area contributed by atoms with Crippen molar-refractivity contribution in [2.45, 2.75) is 39.5 Å². The van der Waals surface area contributed by atoms with Gasteiger partial charge in [-0.2, -0.15) is 0 Å². The summed E-state index contributed by atoms with van der Waals surface area (Å²) in [7, 11) is 1.71. The largest absolute Gasteiger partial charge is 0.495 e. The first-order valence-electron chi connectivity index (χ1n) is 7.01. The lowest BCUT2D eigenvalue weighted by atomic mass is 9.88. The zero-order valence-corrected chi connectivity index (χ0v) is 12.1. The highest BCUT2D eigenvalue weighted by atomic mass is 16.5. The van der Waals surface area contributed by atoms with E-state index in [2.05, 4.69) is 31.3 Å². The molecule has 0 aliphatic heterocycles. The molecule has 1 aliphatic carbocycles. The number of methoxy groups -OCH3 is 1. The molecule has 0 atom stereocenters. The van der Waals surface area contributed by atoms with Crippen molar-refractivity contribution >= 4 is 11.5 Å². The van der Waals surface area contributed by atoms with E-state index in [0.29, 0.717) is 11.7 Å². The van der Waals surface area contributed by atoms with Gasteiger partial charge in [-0.25, -0.2) is 0 Å². The van der Waals surface area contributed by atoms with Crippen LogP contribution in [0.2, 0.25) is 0 Å². The zero-order valence-electron chi connectivity index (χ0n) is 12.1. The molecule has 0 amide bonds. The third-order valence-electron chi connectivity index (χ3n) is 3.89. The van der Waals surface area contributed by atoms with Gasteiger partial charge in [0.25, 0.3) is 0 Å². The second-order valence-electron chi connectivity index (χ2n) is 5.52. The highest BCUT2D eigenvalue weighted by Crippen LogP contribution is 2.31. The van der Waals surface area contributed by atoms with Crippen molar-refractivity contribution in [1.29, 1.82) is 0 Å². The lowest BCUT2D eigenvalue weighted by molar-refractivity contribution is -0.120. The van der Waals surface area contributed by atoms with E-state index in [1.165, 1.54) is 11.1 Å². The number of aryl methyl sites for hydroxylation is 2. The molecule has 1 aliphatic rings. The summed E-state index contributed by atoms with van der Waals surface area (Å²) in [6, 6.07) is 4.22. The number of anilines is 1. The van der Waals surface area contributed by atoms with Gasteiger partial charge in [-0.15, -0.1) is 0 Å². The SMILES string of the molecule is COc1cc(C)cc(C)c1NCC1CCC(=O)CC1. The molecule has 3 heteroatoms. The summed E-state index contributed by atoms with van der Waals surface area (Å²) in [5, 5.41) is 3.51. The van der Waals surface area contributed by atoms with Gasteiger partial charge in [0, 0.05) is 19.4 Å². The Kier molecular flexibility index (Phi) is 4.46. The maximum absolute atomic E-state index is 11.2. The minimum atomic E-state index is 0.417. The van der Waals surface area contributed by atoms with Gasteiger partial charge in [-0.1, -0.05) is 6.07 Å². The van der Waals surface area contributed by atoms with E-state index in [-0.39, 0.29) is 0 Å². The van der Waals surface area contributed by atoms with Crippen molar-refractivity contribution < 1.29 is 9.53 Å². The highest BCUT2D eigenvalue weighted by Gasteiger charge is 2.19. The summed E-state index contributed by atoms with van der Waals surface area (Å²) in [6.45, 7) is 5.10. The van der Waals surface area contributed by atoms with Crippen LogP contribution in [0.25, 0.3) is 0 Å². The van der Waals surface area contributed by atoms with Crippen LogP contribution in [0.3, 0.4) is 0 Å². The Morgan fingerprint density at radius 2 is 1.95 bits per heavy atom. The van der Waals surface area contributed by atoms with Gasteiger partial charge >= 0.3 is 0 Å². The van der Waals surface area contributed by atoms with Crippen LogP contribution in [-0.2, 0) is 4.79 Å². The molecular formula is C16H23NO2. The van der Waals surface area contributed by atoms with E-state index in [4.69, 9.17) is 4.74 Å². The van der Waals surface area contributed by atoms with Gasteiger partial charge in [0.15, 0.2) is 0 Å². The lowest BCUT2D eigenvalue weighted by Gasteiger charge is -2.23. The molecule has 0 aromatic heterocycles. The van der Waals surface area contributed by atoms with Crippen molar-refractivity contribution in [3.05, 3.63) is 23.3 Å². The normalized spacial score (nSPS) is 16.5. The van der Waals surface area contributed by atoms with Crippen LogP contribution in [0, 0.1) is 19.8 Å². The maximum atomic E-state index is 11.2. The van der Waals surface area contributed by atoms with Gasteiger partial charge in [-0.05, 0) is 49.8 Å². The Bertz CT molecular complexity index is 458. The molecule has 2 rings (SSSR count). The number of hydrogen-bond donors (Lipinski definition) is 1. The first-order valence-corrected chi connectivity index (χ1v) is 7.01. The molecular weight excluding hydrogens is 238 g/mol. The van der Waals surface area contributed by atoms with Crippen LogP contribution in [0.15, 0.2) is 12.1 Å². The van der Waals surface area contributed by atoms with Crippen molar-refractivity contribution in [1.82, 2.24) is 0 Å². The van der Waals surface area contributed by atoms with E-state index < -0.39 is 0 Å². The van der Waals surface area contributed by atoms with Gasteiger partial charge < -0.3 is 10.1 Å². The Labute approximate surface area is 115 Å². The zero-order chi connectivity index (χ0) is 13.8. The molecule has 1 N–H and O–H groups in total. The molecule has 0 bridgehead atoms. The molecule has 19 heavy (non-hydrogen) atoms. The molecule has 0 heterocycles. The molecule has 3 nitrogen and oxygen atoms in total. The summed E-state index contributed by atoms with van der Waals surface area (Å²) in [5.74, 6) is 1.92. The summed E-state index contributed by atoms with van der Waals surface area (Å²) in [4.78, 5) is 11.2. The van der Waals surface area contributed by atoms with Crippen molar-refractivity contribution in [3.8, 4) is 5.75 Å². The van der Waals surface area contributed by atoms with E-state index in [0.717, 1.165) is 43.7 Å². The summed E-state index contributed by atoms with van der Waals surface area (Å²) >= 11 is 0. The summed E-state index contributed by atoms with van der Waals surface area (Å²) in [6.07, 6.45) is 3.52. The standard InChI is InChI=1S/C16H23NO2/c1-11-8-12(2)16(15(9-11)19-3)17-10-13-4-6-14(18)7-5-13/h8-9,13,17H,4-7,10H2,1-3H3. The topological polar surface area (TPSA) is 38.3 Å². The number of ketones is 1. The number of carbonyl (C=O) groups excluding carboxylic acids is 1. The quantitative estimate of drug-likeness (QED) is 0.901. The predicted octanol–water partition coefficient (Wildman–Crippen LogP) is 3.48. The van der Waals surface area contributed by atoms with Crippen molar-refractivity contribution in [3.63, 3.8) is 0 Å². The smallest absolute Gasteiger partial charge is 0.142 e. The average molecular weight is 261 g/mol. The number of Topliss-reactive ketones (excluding diaryl/α,β-unsaturated/α-hetero) is 1. The van der Waals surface area contributed by atoms with E-state index in [1.807, 2.05) is 0 Å². The fourth-order valence-electron chi connectivity index (χ4n) is 2.77. The highest BCUT2D eigenvalue weighted by molar-refractivity contribution is 5.79. The minimum Gasteiger partial charge on any atom is -0.495 e. The molecule has 0 saturated heterocycles. The Hall–Kier alpha value is -1.51. The average Bonchev–Trinajstić information content (AvgIpc) is 2.39. The minimum absolute atomic E-state index is 0.417. The Balaban J connectivity index is 2.01.